The average molecular weight is 347 g/mol. The fraction of sp³-hybridized carbons (Fsp3) is 0.263. The van der Waals surface area contributed by atoms with Crippen LogP contribution in [-0.2, 0) is 0 Å². The van der Waals surface area contributed by atoms with Crippen LogP contribution >= 0.6 is 0 Å². The van der Waals surface area contributed by atoms with Crippen LogP contribution in [0.25, 0.3) is 10.9 Å². The van der Waals surface area contributed by atoms with Gasteiger partial charge >= 0.3 is 0 Å². The maximum atomic E-state index is 12.9. The molecule has 4 rings (SSSR count). The number of benzene rings is 1. The van der Waals surface area contributed by atoms with Crippen LogP contribution in [0.15, 0.2) is 42.9 Å². The van der Waals surface area contributed by atoms with Gasteiger partial charge in [-0.3, -0.25) is 4.79 Å². The van der Waals surface area contributed by atoms with Gasteiger partial charge in [0.1, 0.15) is 12.2 Å². The summed E-state index contributed by atoms with van der Waals surface area (Å²) in [6.45, 7) is 1.15. The minimum Gasteiger partial charge on any atom is -0.470 e. The molecule has 1 saturated heterocycles. The second-order valence-corrected chi connectivity index (χ2v) is 6.23. The zero-order valence-corrected chi connectivity index (χ0v) is 14.1. The highest BCUT2D eigenvalue weighted by atomic mass is 16.5. The molecule has 1 atom stereocenters. The molecule has 0 unspecified atom stereocenters. The molecule has 1 fully saturated rings. The van der Waals surface area contributed by atoms with Crippen molar-refractivity contribution in [2.45, 2.75) is 18.9 Å². The predicted molar refractivity (Wildman–Crippen MR) is 94.6 cm³/mol. The van der Waals surface area contributed by atoms with Crippen molar-refractivity contribution >= 4 is 16.8 Å². The smallest absolute Gasteiger partial charge is 0.254 e. The SMILES string of the molecule is N#Cc1nccnc1O[C@H]1CCCN(C(=O)c2ccc3cc[nH]c3c2)C1. The number of hydrogen-bond donors (Lipinski definition) is 1. The Hall–Kier alpha value is -3.40. The number of nitrogens with one attached hydrogen (secondary N) is 1. The molecule has 0 saturated carbocycles. The van der Waals surface area contributed by atoms with E-state index < -0.39 is 0 Å². The fourth-order valence-electron chi connectivity index (χ4n) is 3.23. The Labute approximate surface area is 150 Å². The molecule has 1 aliphatic rings. The highest BCUT2D eigenvalue weighted by Crippen LogP contribution is 2.21. The second kappa shape index (κ2) is 6.84. The molecule has 3 aromatic rings. The van der Waals surface area contributed by atoms with E-state index in [4.69, 9.17) is 10.00 Å². The van der Waals surface area contributed by atoms with Crippen LogP contribution in [0.3, 0.4) is 0 Å². The van der Waals surface area contributed by atoms with Gasteiger partial charge in [0.15, 0.2) is 0 Å². The van der Waals surface area contributed by atoms with Crippen LogP contribution in [0.1, 0.15) is 28.9 Å². The number of H-pyrrole nitrogens is 1. The number of nitrogens with zero attached hydrogens (tertiary/aromatic N) is 4. The molecule has 0 aliphatic carbocycles. The summed E-state index contributed by atoms with van der Waals surface area (Å²) in [5.41, 5.74) is 1.75. The third-order valence-corrected chi connectivity index (χ3v) is 4.52. The summed E-state index contributed by atoms with van der Waals surface area (Å²) in [7, 11) is 0. The molecule has 7 heteroatoms. The van der Waals surface area contributed by atoms with Gasteiger partial charge in [-0.25, -0.2) is 9.97 Å². The van der Waals surface area contributed by atoms with E-state index in [1.165, 1.54) is 12.4 Å². The van der Waals surface area contributed by atoms with Gasteiger partial charge in [-0.05, 0) is 36.4 Å². The summed E-state index contributed by atoms with van der Waals surface area (Å²) in [5, 5.41) is 10.2. The molecule has 7 nitrogen and oxygen atoms in total. The van der Waals surface area contributed by atoms with Crippen LogP contribution in [0, 0.1) is 11.3 Å². The molecule has 0 radical (unpaired) electrons. The molecule has 1 N–H and O–H groups in total. The maximum Gasteiger partial charge on any atom is 0.254 e. The number of amides is 1. The monoisotopic (exact) mass is 347 g/mol. The highest BCUT2D eigenvalue weighted by molar-refractivity contribution is 5.98. The van der Waals surface area contributed by atoms with E-state index in [9.17, 15) is 4.79 Å². The number of carbonyl (C=O) groups is 1. The van der Waals surface area contributed by atoms with Crippen molar-refractivity contribution in [1.29, 1.82) is 5.26 Å². The predicted octanol–water partition coefficient (Wildman–Crippen LogP) is 2.51. The lowest BCUT2D eigenvalue weighted by Gasteiger charge is -2.32. The maximum absolute atomic E-state index is 12.9. The lowest BCUT2D eigenvalue weighted by molar-refractivity contribution is 0.0526. The average Bonchev–Trinajstić information content (AvgIpc) is 3.16. The molecule has 0 bridgehead atoms. The van der Waals surface area contributed by atoms with Crippen molar-refractivity contribution in [3.05, 3.63) is 54.1 Å². The van der Waals surface area contributed by atoms with E-state index in [1.54, 1.807) is 4.90 Å². The molecule has 1 aromatic carbocycles. The first-order chi connectivity index (χ1) is 12.7. The van der Waals surface area contributed by atoms with Gasteiger partial charge in [-0.2, -0.15) is 5.26 Å². The van der Waals surface area contributed by atoms with E-state index in [0.29, 0.717) is 18.7 Å². The Bertz CT molecular complexity index is 991. The summed E-state index contributed by atoms with van der Waals surface area (Å²) < 4.78 is 5.86. The first-order valence-corrected chi connectivity index (χ1v) is 8.49. The van der Waals surface area contributed by atoms with Gasteiger partial charge in [0.05, 0.1) is 6.54 Å². The molecule has 0 spiro atoms. The van der Waals surface area contributed by atoms with Crippen molar-refractivity contribution in [3.63, 3.8) is 0 Å². The van der Waals surface area contributed by atoms with Gasteiger partial charge < -0.3 is 14.6 Å². The van der Waals surface area contributed by atoms with Crippen molar-refractivity contribution in [1.82, 2.24) is 19.9 Å². The number of ether oxygens (including phenoxy) is 1. The third kappa shape index (κ3) is 3.09. The molecule has 1 amide bonds. The Morgan fingerprint density at radius 3 is 3.08 bits per heavy atom. The molecule has 2 aromatic heterocycles. The zero-order chi connectivity index (χ0) is 17.9. The number of carbonyl (C=O) groups excluding carboxylic acids is 1. The number of fused-ring (bicyclic) bond motifs is 1. The highest BCUT2D eigenvalue weighted by Gasteiger charge is 2.27. The Morgan fingerprint density at radius 2 is 2.19 bits per heavy atom. The molecular formula is C19H17N5O2. The number of nitriles is 1. The van der Waals surface area contributed by atoms with Gasteiger partial charge in [-0.1, -0.05) is 6.07 Å². The zero-order valence-electron chi connectivity index (χ0n) is 14.1. The topological polar surface area (TPSA) is 94.9 Å². The summed E-state index contributed by atoms with van der Waals surface area (Å²) in [4.78, 5) is 25.8. The third-order valence-electron chi connectivity index (χ3n) is 4.52. The number of aromatic amines is 1. The summed E-state index contributed by atoms with van der Waals surface area (Å²) in [6, 6.07) is 9.61. The number of piperidine rings is 1. The largest absolute Gasteiger partial charge is 0.470 e. The Morgan fingerprint density at radius 1 is 1.31 bits per heavy atom. The summed E-state index contributed by atoms with van der Waals surface area (Å²) in [5.74, 6) is 0.205. The van der Waals surface area contributed by atoms with E-state index in [1.807, 2.05) is 36.5 Å². The van der Waals surface area contributed by atoms with Gasteiger partial charge in [-0.15, -0.1) is 0 Å². The molecular weight excluding hydrogens is 330 g/mol. The van der Waals surface area contributed by atoms with Crippen molar-refractivity contribution in [2.24, 2.45) is 0 Å². The van der Waals surface area contributed by atoms with Gasteiger partial charge in [0.25, 0.3) is 11.8 Å². The van der Waals surface area contributed by atoms with E-state index in [-0.39, 0.29) is 23.6 Å². The molecule has 130 valence electrons. The van der Waals surface area contributed by atoms with Crippen molar-refractivity contribution in [2.75, 3.05) is 13.1 Å². The normalized spacial score (nSPS) is 17.0. The minimum absolute atomic E-state index is 0.0190. The van der Waals surface area contributed by atoms with Crippen LogP contribution in [0.2, 0.25) is 0 Å². The number of aromatic nitrogens is 3. The van der Waals surface area contributed by atoms with Crippen molar-refractivity contribution in [3.8, 4) is 11.9 Å². The molecule has 26 heavy (non-hydrogen) atoms. The van der Waals surface area contributed by atoms with Crippen LogP contribution < -0.4 is 4.74 Å². The molecule has 3 heterocycles. The van der Waals surface area contributed by atoms with Crippen molar-refractivity contribution < 1.29 is 9.53 Å². The molecule has 1 aliphatic heterocycles. The van der Waals surface area contributed by atoms with E-state index in [0.717, 1.165) is 23.7 Å². The van der Waals surface area contributed by atoms with E-state index >= 15 is 0 Å². The minimum atomic E-state index is -0.203. The van der Waals surface area contributed by atoms with Crippen LogP contribution in [-0.4, -0.2) is 45.0 Å². The first kappa shape index (κ1) is 16.1. The van der Waals surface area contributed by atoms with Gasteiger partial charge in [0, 0.05) is 36.2 Å². The lowest BCUT2D eigenvalue weighted by atomic mass is 10.1. The summed E-state index contributed by atoms with van der Waals surface area (Å²) >= 11 is 0. The lowest BCUT2D eigenvalue weighted by Crippen LogP contribution is -2.44. The fourth-order valence-corrected chi connectivity index (χ4v) is 3.23. The van der Waals surface area contributed by atoms with Gasteiger partial charge in [0.2, 0.25) is 5.69 Å². The number of hydrogen-bond acceptors (Lipinski definition) is 5. The second-order valence-electron chi connectivity index (χ2n) is 6.23. The number of rotatable bonds is 3. The number of likely N-dealkylation sites (tertiary alicyclic amines) is 1. The standard InChI is InChI=1S/C19H17N5O2/c20-11-17-18(23-8-7-22-17)26-15-2-1-9-24(12-15)19(25)14-4-3-13-5-6-21-16(13)10-14/h3-8,10,15,21H,1-2,9,12H2/t15-/m0/s1. The van der Waals surface area contributed by atoms with E-state index in [2.05, 4.69) is 15.0 Å². The van der Waals surface area contributed by atoms with Crippen LogP contribution in [0.4, 0.5) is 0 Å². The Balaban J connectivity index is 1.49. The summed E-state index contributed by atoms with van der Waals surface area (Å²) in [6.07, 6.45) is 6.25. The van der Waals surface area contributed by atoms with Crippen LogP contribution in [0.5, 0.6) is 5.88 Å². The first-order valence-electron chi connectivity index (χ1n) is 8.49. The quantitative estimate of drug-likeness (QED) is 0.785. The Kier molecular flexibility index (Phi) is 4.23.